The van der Waals surface area contributed by atoms with Crippen molar-refractivity contribution in [2.45, 2.75) is 37.5 Å². The molecule has 0 unspecified atom stereocenters. The number of aromatic nitrogens is 1. The van der Waals surface area contributed by atoms with E-state index in [9.17, 15) is 0 Å². The Kier molecular flexibility index (Phi) is 3.46. The smallest absolute Gasteiger partial charge is 0.0753 e. The van der Waals surface area contributed by atoms with Gasteiger partial charge < -0.3 is 0 Å². The van der Waals surface area contributed by atoms with E-state index in [1.165, 1.54) is 32.7 Å². The van der Waals surface area contributed by atoms with Gasteiger partial charge in [-0.3, -0.25) is 0 Å². The fraction of sp³-hybridized carbons (Fsp3) is 0.286. The van der Waals surface area contributed by atoms with Crippen molar-refractivity contribution < 1.29 is 0 Å². The Morgan fingerprint density at radius 2 is 1.70 bits per heavy atom. The zero-order chi connectivity index (χ0) is 16.0. The minimum atomic E-state index is 0.188. The number of pyridine rings is 1. The van der Waals surface area contributed by atoms with Crippen LogP contribution in [0.5, 0.6) is 0 Å². The Balaban J connectivity index is 1.89. The van der Waals surface area contributed by atoms with E-state index in [1.807, 2.05) is 11.8 Å². The van der Waals surface area contributed by atoms with Gasteiger partial charge in [0.15, 0.2) is 0 Å². The largest absolute Gasteiger partial charge is 0.247 e. The van der Waals surface area contributed by atoms with Gasteiger partial charge in [0.1, 0.15) is 0 Å². The molecule has 1 aromatic heterocycles. The van der Waals surface area contributed by atoms with Gasteiger partial charge in [-0.05, 0) is 29.0 Å². The predicted octanol–water partition coefficient (Wildman–Crippen LogP) is 5.85. The van der Waals surface area contributed by atoms with Gasteiger partial charge in [-0.1, -0.05) is 63.2 Å². The number of benzene rings is 2. The predicted molar refractivity (Wildman–Crippen MR) is 100 cm³/mol. The van der Waals surface area contributed by atoms with Crippen molar-refractivity contribution in [3.05, 3.63) is 59.7 Å². The SMILES string of the molecule is CC(C)(C)c1ccc(-c2nc3ccccc3c3c2CCS3)cc1. The van der Waals surface area contributed by atoms with Crippen LogP contribution in [-0.4, -0.2) is 10.7 Å². The first-order chi connectivity index (χ1) is 11.0. The quantitative estimate of drug-likeness (QED) is 0.558. The molecule has 0 spiro atoms. The summed E-state index contributed by atoms with van der Waals surface area (Å²) >= 11 is 1.97. The topological polar surface area (TPSA) is 12.9 Å². The van der Waals surface area contributed by atoms with Crippen molar-refractivity contribution in [1.29, 1.82) is 0 Å². The summed E-state index contributed by atoms with van der Waals surface area (Å²) < 4.78 is 0. The number of fused-ring (bicyclic) bond motifs is 3. The molecule has 0 N–H and O–H groups in total. The molecule has 0 saturated heterocycles. The van der Waals surface area contributed by atoms with Gasteiger partial charge in [-0.25, -0.2) is 4.98 Å². The minimum Gasteiger partial charge on any atom is -0.247 e. The monoisotopic (exact) mass is 319 g/mol. The first kappa shape index (κ1) is 14.8. The van der Waals surface area contributed by atoms with E-state index in [-0.39, 0.29) is 5.41 Å². The summed E-state index contributed by atoms with van der Waals surface area (Å²) in [5.74, 6) is 1.16. The number of thioether (sulfide) groups is 1. The summed E-state index contributed by atoms with van der Waals surface area (Å²) in [6.07, 6.45) is 1.12. The maximum absolute atomic E-state index is 5.00. The third-order valence-electron chi connectivity index (χ3n) is 4.56. The van der Waals surface area contributed by atoms with E-state index in [0.717, 1.165) is 17.7 Å². The second kappa shape index (κ2) is 5.38. The van der Waals surface area contributed by atoms with E-state index < -0.39 is 0 Å². The van der Waals surface area contributed by atoms with E-state index in [2.05, 4.69) is 69.3 Å². The normalized spacial score (nSPS) is 14.2. The van der Waals surface area contributed by atoms with Crippen LogP contribution in [-0.2, 0) is 11.8 Å². The summed E-state index contributed by atoms with van der Waals surface area (Å²) in [4.78, 5) is 6.43. The molecule has 0 fully saturated rings. The molecule has 3 aromatic rings. The molecule has 2 aromatic carbocycles. The molecule has 0 aliphatic carbocycles. The zero-order valence-corrected chi connectivity index (χ0v) is 14.7. The lowest BCUT2D eigenvalue weighted by molar-refractivity contribution is 0.590. The summed E-state index contributed by atoms with van der Waals surface area (Å²) in [6, 6.07) is 17.5. The molecule has 1 nitrogen and oxygen atoms in total. The van der Waals surface area contributed by atoms with Crippen molar-refractivity contribution in [3.8, 4) is 11.3 Å². The molecule has 23 heavy (non-hydrogen) atoms. The number of hydrogen-bond acceptors (Lipinski definition) is 2. The average molecular weight is 319 g/mol. The van der Waals surface area contributed by atoms with Crippen LogP contribution in [0.1, 0.15) is 31.9 Å². The maximum Gasteiger partial charge on any atom is 0.0753 e. The summed E-state index contributed by atoms with van der Waals surface area (Å²) in [6.45, 7) is 6.76. The molecular weight excluding hydrogens is 298 g/mol. The second-order valence-corrected chi connectivity index (χ2v) is 8.32. The molecule has 0 atom stereocenters. The van der Waals surface area contributed by atoms with Crippen molar-refractivity contribution in [3.63, 3.8) is 0 Å². The van der Waals surface area contributed by atoms with E-state index in [1.54, 1.807) is 0 Å². The van der Waals surface area contributed by atoms with Crippen molar-refractivity contribution in [2.75, 3.05) is 5.75 Å². The molecule has 2 heterocycles. The maximum atomic E-state index is 5.00. The lowest BCUT2D eigenvalue weighted by Gasteiger charge is -2.19. The number of para-hydroxylation sites is 1. The van der Waals surface area contributed by atoms with Crippen LogP contribution < -0.4 is 0 Å². The third-order valence-corrected chi connectivity index (χ3v) is 5.73. The second-order valence-electron chi connectivity index (χ2n) is 7.21. The Labute approximate surface area is 142 Å². The standard InChI is InChI=1S/C21H21NS/c1-21(2,3)15-10-8-14(9-11-15)19-17-12-13-23-20(17)16-6-4-5-7-18(16)22-19/h4-11H,12-13H2,1-3H3. The van der Waals surface area contributed by atoms with E-state index in [4.69, 9.17) is 4.98 Å². The van der Waals surface area contributed by atoms with Crippen molar-refractivity contribution in [1.82, 2.24) is 4.98 Å². The van der Waals surface area contributed by atoms with E-state index >= 15 is 0 Å². The molecule has 0 amide bonds. The highest BCUT2D eigenvalue weighted by Gasteiger charge is 2.21. The van der Waals surface area contributed by atoms with Gasteiger partial charge >= 0.3 is 0 Å². The first-order valence-electron chi connectivity index (χ1n) is 8.19. The Hall–Kier alpha value is -1.80. The molecule has 116 valence electrons. The molecule has 1 aliphatic heterocycles. The lowest BCUT2D eigenvalue weighted by atomic mass is 9.86. The molecule has 0 bridgehead atoms. The van der Waals surface area contributed by atoms with Gasteiger partial charge in [0.25, 0.3) is 0 Å². The highest BCUT2D eigenvalue weighted by atomic mass is 32.2. The summed E-state index contributed by atoms with van der Waals surface area (Å²) in [5.41, 5.74) is 6.50. The average Bonchev–Trinajstić information content (AvgIpc) is 3.03. The highest BCUT2D eigenvalue weighted by molar-refractivity contribution is 7.99. The van der Waals surface area contributed by atoms with Gasteiger partial charge in [0.2, 0.25) is 0 Å². The van der Waals surface area contributed by atoms with Crippen LogP contribution in [0.2, 0.25) is 0 Å². The van der Waals surface area contributed by atoms with Crippen molar-refractivity contribution in [2.24, 2.45) is 0 Å². The van der Waals surface area contributed by atoms with Crippen LogP contribution in [0.4, 0.5) is 0 Å². The third kappa shape index (κ3) is 2.55. The van der Waals surface area contributed by atoms with Crippen molar-refractivity contribution >= 4 is 22.7 Å². The fourth-order valence-corrected chi connectivity index (χ4v) is 4.45. The summed E-state index contributed by atoms with van der Waals surface area (Å²) in [5, 5.41) is 1.31. The van der Waals surface area contributed by atoms with Crippen LogP contribution >= 0.6 is 11.8 Å². The van der Waals surface area contributed by atoms with Crippen LogP contribution in [0.25, 0.3) is 22.2 Å². The zero-order valence-electron chi connectivity index (χ0n) is 13.9. The molecule has 2 heteroatoms. The van der Waals surface area contributed by atoms with Gasteiger partial charge in [0.05, 0.1) is 11.2 Å². The summed E-state index contributed by atoms with van der Waals surface area (Å²) in [7, 11) is 0. The van der Waals surface area contributed by atoms with Crippen LogP contribution in [0.3, 0.4) is 0 Å². The van der Waals surface area contributed by atoms with Gasteiger partial charge in [-0.2, -0.15) is 0 Å². The van der Waals surface area contributed by atoms with Gasteiger partial charge in [0, 0.05) is 21.6 Å². The van der Waals surface area contributed by atoms with E-state index in [0.29, 0.717) is 0 Å². The Bertz CT molecular complexity index is 873. The fourth-order valence-electron chi connectivity index (χ4n) is 3.24. The number of nitrogens with zero attached hydrogens (tertiary/aromatic N) is 1. The number of rotatable bonds is 1. The first-order valence-corrected chi connectivity index (χ1v) is 9.18. The van der Waals surface area contributed by atoms with Gasteiger partial charge in [-0.15, -0.1) is 11.8 Å². The molecule has 4 rings (SSSR count). The molecule has 1 aliphatic rings. The highest BCUT2D eigenvalue weighted by Crippen LogP contribution is 2.41. The molecule has 0 saturated carbocycles. The lowest BCUT2D eigenvalue weighted by Crippen LogP contribution is -2.10. The molecular formula is C21H21NS. The van der Waals surface area contributed by atoms with Crippen LogP contribution in [0, 0.1) is 0 Å². The minimum absolute atomic E-state index is 0.188. The Morgan fingerprint density at radius 3 is 2.43 bits per heavy atom. The molecule has 0 radical (unpaired) electrons. The Morgan fingerprint density at radius 1 is 0.957 bits per heavy atom. The number of hydrogen-bond donors (Lipinski definition) is 0. The van der Waals surface area contributed by atoms with Crippen LogP contribution in [0.15, 0.2) is 53.4 Å².